The Balaban J connectivity index is 1.57. The van der Waals surface area contributed by atoms with Gasteiger partial charge in [0.15, 0.2) is 0 Å². The van der Waals surface area contributed by atoms with Crippen LogP contribution in [0.2, 0.25) is 0 Å². The van der Waals surface area contributed by atoms with Gasteiger partial charge in [-0.2, -0.15) is 0 Å². The lowest BCUT2D eigenvalue weighted by Crippen LogP contribution is -2.43. The summed E-state index contributed by atoms with van der Waals surface area (Å²) in [6, 6.07) is 10.7. The number of piperidine rings is 1. The molecule has 2 atom stereocenters. The molecule has 1 aliphatic carbocycles. The van der Waals surface area contributed by atoms with Crippen LogP contribution in [0.1, 0.15) is 37.7 Å². The van der Waals surface area contributed by atoms with Crippen molar-refractivity contribution < 1.29 is 14.7 Å². The van der Waals surface area contributed by atoms with E-state index in [1.54, 1.807) is 6.92 Å². The largest absolute Gasteiger partial charge is 0.465 e. The molecule has 23 heavy (non-hydrogen) atoms. The summed E-state index contributed by atoms with van der Waals surface area (Å²) in [7, 11) is 0. The van der Waals surface area contributed by atoms with Crippen molar-refractivity contribution >= 4 is 12.0 Å². The minimum Gasteiger partial charge on any atom is -0.465 e. The van der Waals surface area contributed by atoms with Crippen molar-refractivity contribution in [3.63, 3.8) is 0 Å². The zero-order valence-electron chi connectivity index (χ0n) is 13.5. The van der Waals surface area contributed by atoms with Gasteiger partial charge in [0.1, 0.15) is 0 Å². The molecule has 0 aromatic heterocycles. The van der Waals surface area contributed by atoms with E-state index in [9.17, 15) is 9.59 Å². The molecule has 2 fully saturated rings. The van der Waals surface area contributed by atoms with Crippen molar-refractivity contribution in [3.05, 3.63) is 35.9 Å². The molecular weight excluding hydrogens is 292 g/mol. The lowest BCUT2D eigenvalue weighted by Gasteiger charge is -2.33. The molecule has 3 rings (SSSR count). The first kappa shape index (κ1) is 15.8. The molecule has 1 aromatic rings. The first-order valence-corrected chi connectivity index (χ1v) is 8.36. The average Bonchev–Trinajstić information content (AvgIpc) is 3.34. The Bertz CT molecular complexity index is 567. The SMILES string of the molecule is CC(=O)N(CC1CCN(C(=O)O)CC1)C1CC1c1ccccc1. The summed E-state index contributed by atoms with van der Waals surface area (Å²) in [6.45, 7) is 3.57. The van der Waals surface area contributed by atoms with Crippen molar-refractivity contribution in [2.75, 3.05) is 19.6 Å². The zero-order valence-corrected chi connectivity index (χ0v) is 13.5. The van der Waals surface area contributed by atoms with Gasteiger partial charge >= 0.3 is 6.09 Å². The molecule has 0 radical (unpaired) electrons. The highest BCUT2D eigenvalue weighted by atomic mass is 16.4. The number of hydrogen-bond donors (Lipinski definition) is 1. The van der Waals surface area contributed by atoms with Crippen LogP contribution in [-0.2, 0) is 4.79 Å². The maximum atomic E-state index is 12.1. The number of rotatable bonds is 4. The standard InChI is InChI=1S/C18H24N2O3/c1-13(21)20(12-14-7-9-19(10-8-14)18(22)23)17-11-16(17)15-5-3-2-4-6-15/h2-6,14,16-17H,7-12H2,1H3,(H,22,23). The third kappa shape index (κ3) is 3.66. The second-order valence-electron chi connectivity index (χ2n) is 6.70. The van der Waals surface area contributed by atoms with E-state index in [0.29, 0.717) is 31.0 Å². The molecule has 1 N–H and O–H groups in total. The van der Waals surface area contributed by atoms with Crippen LogP contribution in [0.3, 0.4) is 0 Å². The molecule has 2 amide bonds. The third-order valence-corrected chi connectivity index (χ3v) is 5.13. The Labute approximate surface area is 136 Å². The van der Waals surface area contributed by atoms with Crippen molar-refractivity contribution in [2.24, 2.45) is 5.92 Å². The molecular formula is C18H24N2O3. The van der Waals surface area contributed by atoms with Gasteiger partial charge in [0.05, 0.1) is 0 Å². The number of carboxylic acid groups (broad SMARTS) is 1. The van der Waals surface area contributed by atoms with Crippen molar-refractivity contribution in [1.82, 2.24) is 9.80 Å². The topological polar surface area (TPSA) is 60.9 Å². The van der Waals surface area contributed by atoms with E-state index in [-0.39, 0.29) is 5.91 Å². The molecule has 2 aliphatic rings. The van der Waals surface area contributed by atoms with Gasteiger partial charge in [-0.05, 0) is 30.7 Å². The fraction of sp³-hybridized carbons (Fsp3) is 0.556. The number of hydrogen-bond acceptors (Lipinski definition) is 2. The minimum absolute atomic E-state index is 0.133. The predicted octanol–water partition coefficient (Wildman–Crippen LogP) is 2.78. The van der Waals surface area contributed by atoms with Crippen LogP contribution in [0.4, 0.5) is 4.79 Å². The lowest BCUT2D eigenvalue weighted by atomic mass is 9.96. The smallest absolute Gasteiger partial charge is 0.407 e. The van der Waals surface area contributed by atoms with Crippen molar-refractivity contribution in [3.8, 4) is 0 Å². The van der Waals surface area contributed by atoms with Gasteiger partial charge in [0.25, 0.3) is 0 Å². The van der Waals surface area contributed by atoms with Crippen LogP contribution in [0, 0.1) is 5.92 Å². The molecule has 0 bridgehead atoms. The highest BCUT2D eigenvalue weighted by molar-refractivity contribution is 5.74. The van der Waals surface area contributed by atoms with E-state index in [4.69, 9.17) is 5.11 Å². The van der Waals surface area contributed by atoms with Crippen molar-refractivity contribution in [1.29, 1.82) is 0 Å². The van der Waals surface area contributed by atoms with Gasteiger partial charge in [-0.15, -0.1) is 0 Å². The van der Waals surface area contributed by atoms with E-state index in [1.807, 2.05) is 23.1 Å². The van der Waals surface area contributed by atoms with Gasteiger partial charge in [-0.25, -0.2) is 4.79 Å². The van der Waals surface area contributed by atoms with Crippen LogP contribution in [0.25, 0.3) is 0 Å². The molecule has 1 heterocycles. The second kappa shape index (κ2) is 6.60. The summed E-state index contributed by atoms with van der Waals surface area (Å²) in [4.78, 5) is 26.5. The summed E-state index contributed by atoms with van der Waals surface area (Å²) in [5, 5.41) is 9.02. The van der Waals surface area contributed by atoms with Crippen LogP contribution in [0.5, 0.6) is 0 Å². The molecule has 1 aliphatic heterocycles. The molecule has 1 aromatic carbocycles. The molecule has 5 heteroatoms. The quantitative estimate of drug-likeness (QED) is 0.929. The normalized spacial score (nSPS) is 24.3. The molecule has 1 saturated heterocycles. The predicted molar refractivity (Wildman–Crippen MR) is 87.3 cm³/mol. The van der Waals surface area contributed by atoms with Crippen LogP contribution in [-0.4, -0.2) is 52.6 Å². The monoisotopic (exact) mass is 316 g/mol. The third-order valence-electron chi connectivity index (χ3n) is 5.13. The minimum atomic E-state index is -0.835. The Morgan fingerprint density at radius 1 is 1.22 bits per heavy atom. The van der Waals surface area contributed by atoms with Crippen LogP contribution < -0.4 is 0 Å². The van der Waals surface area contributed by atoms with Gasteiger partial charge in [-0.3, -0.25) is 4.79 Å². The molecule has 124 valence electrons. The van der Waals surface area contributed by atoms with Gasteiger partial charge in [-0.1, -0.05) is 30.3 Å². The lowest BCUT2D eigenvalue weighted by molar-refractivity contribution is -0.130. The number of amides is 2. The fourth-order valence-electron chi connectivity index (χ4n) is 3.67. The first-order chi connectivity index (χ1) is 11.1. The average molecular weight is 316 g/mol. The summed E-state index contributed by atoms with van der Waals surface area (Å²) in [6.07, 6.45) is 1.90. The highest BCUT2D eigenvalue weighted by Gasteiger charge is 2.44. The van der Waals surface area contributed by atoms with E-state index in [0.717, 1.165) is 25.8 Å². The van der Waals surface area contributed by atoms with E-state index in [2.05, 4.69) is 12.1 Å². The number of nitrogens with zero attached hydrogens (tertiary/aromatic N) is 2. The number of benzene rings is 1. The molecule has 2 unspecified atom stereocenters. The maximum absolute atomic E-state index is 12.1. The first-order valence-electron chi connectivity index (χ1n) is 8.36. The zero-order chi connectivity index (χ0) is 16.4. The van der Waals surface area contributed by atoms with Crippen LogP contribution in [0.15, 0.2) is 30.3 Å². The molecule has 0 spiro atoms. The number of carbonyl (C=O) groups excluding carboxylic acids is 1. The number of likely N-dealkylation sites (tertiary alicyclic amines) is 1. The van der Waals surface area contributed by atoms with Crippen LogP contribution >= 0.6 is 0 Å². The van der Waals surface area contributed by atoms with E-state index in [1.165, 1.54) is 10.5 Å². The maximum Gasteiger partial charge on any atom is 0.407 e. The Morgan fingerprint density at radius 3 is 2.43 bits per heavy atom. The van der Waals surface area contributed by atoms with Gasteiger partial charge in [0.2, 0.25) is 5.91 Å². The van der Waals surface area contributed by atoms with Gasteiger partial charge < -0.3 is 14.9 Å². The summed E-state index contributed by atoms with van der Waals surface area (Å²) >= 11 is 0. The highest BCUT2D eigenvalue weighted by Crippen LogP contribution is 2.45. The molecule has 1 saturated carbocycles. The Hall–Kier alpha value is -2.04. The molecule has 5 nitrogen and oxygen atoms in total. The van der Waals surface area contributed by atoms with Gasteiger partial charge in [0, 0.05) is 38.5 Å². The second-order valence-corrected chi connectivity index (χ2v) is 6.70. The Morgan fingerprint density at radius 2 is 1.87 bits per heavy atom. The number of carbonyl (C=O) groups is 2. The van der Waals surface area contributed by atoms with E-state index < -0.39 is 6.09 Å². The summed E-state index contributed by atoms with van der Waals surface area (Å²) in [5.74, 6) is 1.000. The summed E-state index contributed by atoms with van der Waals surface area (Å²) in [5.41, 5.74) is 1.31. The van der Waals surface area contributed by atoms with E-state index >= 15 is 0 Å². The summed E-state index contributed by atoms with van der Waals surface area (Å²) < 4.78 is 0. The Kier molecular flexibility index (Phi) is 4.55. The van der Waals surface area contributed by atoms with Crippen molar-refractivity contribution in [2.45, 2.75) is 38.1 Å². The fourth-order valence-corrected chi connectivity index (χ4v) is 3.67.